The number of rotatable bonds is 2. The Bertz CT molecular complexity index is 1040. The van der Waals surface area contributed by atoms with E-state index < -0.39 is 0 Å². The molecule has 0 bridgehead atoms. The number of nitrogens with two attached hydrogens (primary N) is 1. The number of nitrogen functional groups attached to an aromatic ring is 1. The van der Waals surface area contributed by atoms with Crippen LogP contribution in [-0.4, -0.2) is 15.9 Å². The topological polar surface area (TPSA) is 80.9 Å². The molecule has 5 nitrogen and oxygen atoms in total. The van der Waals surface area contributed by atoms with Crippen molar-refractivity contribution in [2.24, 2.45) is 0 Å². The number of thiazole rings is 1. The van der Waals surface area contributed by atoms with E-state index in [9.17, 15) is 4.79 Å². The predicted octanol–water partition coefficient (Wildman–Crippen LogP) is 4.05. The van der Waals surface area contributed by atoms with Crippen LogP contribution in [0.2, 0.25) is 0 Å². The van der Waals surface area contributed by atoms with E-state index in [1.807, 2.05) is 25.1 Å². The lowest BCUT2D eigenvalue weighted by atomic mass is 10.1. The number of carbonyl (C=O) groups is 1. The smallest absolute Gasteiger partial charge is 0.269 e. The standard InChI is InChI=1S/C16H12N4OS2/c1-8-2-3-11-9(6-8)7-10-12(17)13(23-15(10)19-11)14(21)20-16-18-4-5-22-16/h2-7H,17H2,1H3,(H,18,20,21). The van der Waals surface area contributed by atoms with Crippen LogP contribution in [0.3, 0.4) is 0 Å². The van der Waals surface area contributed by atoms with Crippen molar-refractivity contribution in [1.29, 1.82) is 0 Å². The average Bonchev–Trinajstić information content (AvgIpc) is 3.14. The zero-order valence-corrected chi connectivity index (χ0v) is 13.8. The minimum atomic E-state index is -0.249. The number of benzene rings is 1. The number of nitrogens with zero attached hydrogens (tertiary/aromatic N) is 2. The Hall–Kier alpha value is -2.51. The molecule has 3 heterocycles. The van der Waals surface area contributed by atoms with Gasteiger partial charge in [0.15, 0.2) is 5.13 Å². The molecule has 0 saturated carbocycles. The van der Waals surface area contributed by atoms with Crippen LogP contribution in [0, 0.1) is 6.92 Å². The highest BCUT2D eigenvalue weighted by Crippen LogP contribution is 2.35. The summed E-state index contributed by atoms with van der Waals surface area (Å²) >= 11 is 2.67. The van der Waals surface area contributed by atoms with Gasteiger partial charge < -0.3 is 5.73 Å². The molecule has 0 radical (unpaired) electrons. The number of hydrogen-bond acceptors (Lipinski definition) is 6. The van der Waals surface area contributed by atoms with Crippen LogP contribution in [0.5, 0.6) is 0 Å². The van der Waals surface area contributed by atoms with Gasteiger partial charge >= 0.3 is 0 Å². The summed E-state index contributed by atoms with van der Waals surface area (Å²) in [6, 6.07) is 8.06. The van der Waals surface area contributed by atoms with E-state index in [-0.39, 0.29) is 5.91 Å². The number of thiophene rings is 1. The van der Waals surface area contributed by atoms with E-state index in [2.05, 4.69) is 21.4 Å². The summed E-state index contributed by atoms with van der Waals surface area (Å²) in [6.07, 6.45) is 1.64. The van der Waals surface area contributed by atoms with Crippen molar-refractivity contribution in [2.75, 3.05) is 11.1 Å². The largest absolute Gasteiger partial charge is 0.397 e. The third-order valence-corrected chi connectivity index (χ3v) is 5.33. The van der Waals surface area contributed by atoms with Crippen molar-refractivity contribution in [2.45, 2.75) is 6.92 Å². The van der Waals surface area contributed by atoms with E-state index in [1.165, 1.54) is 22.7 Å². The Morgan fingerprint density at radius 1 is 1.30 bits per heavy atom. The van der Waals surface area contributed by atoms with Crippen molar-refractivity contribution < 1.29 is 4.79 Å². The maximum atomic E-state index is 12.4. The fourth-order valence-corrected chi connectivity index (χ4v) is 3.93. The summed E-state index contributed by atoms with van der Waals surface area (Å²) in [7, 11) is 0. The number of aryl methyl sites for hydroxylation is 1. The minimum Gasteiger partial charge on any atom is -0.397 e. The Kier molecular flexibility index (Phi) is 3.24. The number of fused-ring (bicyclic) bond motifs is 2. The van der Waals surface area contributed by atoms with Gasteiger partial charge in [0.05, 0.1) is 11.2 Å². The molecule has 1 amide bonds. The Morgan fingerprint density at radius 3 is 2.96 bits per heavy atom. The number of pyridine rings is 1. The lowest BCUT2D eigenvalue weighted by Gasteiger charge is -2.00. The van der Waals surface area contributed by atoms with Gasteiger partial charge in [-0.15, -0.1) is 22.7 Å². The van der Waals surface area contributed by atoms with Gasteiger partial charge in [-0.2, -0.15) is 0 Å². The molecular weight excluding hydrogens is 328 g/mol. The molecule has 0 fully saturated rings. The van der Waals surface area contributed by atoms with Gasteiger partial charge in [0.2, 0.25) is 0 Å². The van der Waals surface area contributed by atoms with Gasteiger partial charge in [0.1, 0.15) is 9.71 Å². The first-order chi connectivity index (χ1) is 11.1. The molecule has 23 heavy (non-hydrogen) atoms. The van der Waals surface area contributed by atoms with Gasteiger partial charge in [0, 0.05) is 22.3 Å². The van der Waals surface area contributed by atoms with Crippen LogP contribution in [-0.2, 0) is 0 Å². The summed E-state index contributed by atoms with van der Waals surface area (Å²) < 4.78 is 0. The monoisotopic (exact) mass is 340 g/mol. The van der Waals surface area contributed by atoms with E-state index >= 15 is 0 Å². The first-order valence-corrected chi connectivity index (χ1v) is 8.61. The van der Waals surface area contributed by atoms with Crippen molar-refractivity contribution in [3.63, 3.8) is 0 Å². The molecule has 1 aromatic carbocycles. The molecule has 4 rings (SSSR count). The van der Waals surface area contributed by atoms with Gasteiger partial charge in [0.25, 0.3) is 5.91 Å². The number of nitrogens with one attached hydrogen (secondary N) is 1. The maximum Gasteiger partial charge on any atom is 0.269 e. The van der Waals surface area contributed by atoms with Crippen LogP contribution >= 0.6 is 22.7 Å². The second kappa shape index (κ2) is 5.29. The molecule has 7 heteroatoms. The van der Waals surface area contributed by atoms with E-state index in [0.717, 1.165) is 26.7 Å². The van der Waals surface area contributed by atoms with Crippen molar-refractivity contribution in [3.05, 3.63) is 46.3 Å². The van der Waals surface area contributed by atoms with E-state index in [1.54, 1.807) is 11.6 Å². The van der Waals surface area contributed by atoms with Gasteiger partial charge in [-0.3, -0.25) is 10.1 Å². The summed E-state index contributed by atoms with van der Waals surface area (Å²) in [5.41, 5.74) is 8.72. The number of hydrogen-bond donors (Lipinski definition) is 2. The fraction of sp³-hybridized carbons (Fsp3) is 0.0625. The van der Waals surface area contributed by atoms with Gasteiger partial charge in [-0.1, -0.05) is 11.6 Å². The molecule has 0 atom stereocenters. The van der Waals surface area contributed by atoms with Crippen LogP contribution < -0.4 is 11.1 Å². The quantitative estimate of drug-likeness (QED) is 0.577. The van der Waals surface area contributed by atoms with Crippen LogP contribution in [0.25, 0.3) is 21.1 Å². The Morgan fingerprint density at radius 2 is 2.17 bits per heavy atom. The van der Waals surface area contributed by atoms with E-state index in [4.69, 9.17) is 5.73 Å². The average molecular weight is 340 g/mol. The Balaban J connectivity index is 1.83. The van der Waals surface area contributed by atoms with E-state index in [0.29, 0.717) is 15.7 Å². The highest BCUT2D eigenvalue weighted by molar-refractivity contribution is 7.21. The first-order valence-electron chi connectivity index (χ1n) is 6.92. The number of anilines is 2. The molecule has 3 N–H and O–H groups in total. The number of aromatic nitrogens is 2. The number of amides is 1. The molecule has 0 aliphatic carbocycles. The molecular formula is C16H12N4OS2. The molecule has 114 valence electrons. The second-order valence-electron chi connectivity index (χ2n) is 5.17. The first kappa shape index (κ1) is 14.1. The lowest BCUT2D eigenvalue weighted by molar-refractivity contribution is 0.103. The third kappa shape index (κ3) is 2.43. The highest BCUT2D eigenvalue weighted by Gasteiger charge is 2.18. The molecule has 0 unspecified atom stereocenters. The third-order valence-electron chi connectivity index (χ3n) is 3.53. The minimum absolute atomic E-state index is 0.249. The summed E-state index contributed by atoms with van der Waals surface area (Å²) in [4.78, 5) is 22.3. The molecule has 0 aliphatic heterocycles. The Labute approximate surface area is 139 Å². The maximum absolute atomic E-state index is 12.4. The summed E-state index contributed by atoms with van der Waals surface area (Å²) in [6.45, 7) is 2.04. The normalized spacial score (nSPS) is 11.2. The van der Waals surface area contributed by atoms with Gasteiger partial charge in [-0.25, -0.2) is 9.97 Å². The van der Waals surface area contributed by atoms with Crippen LogP contribution in [0.15, 0.2) is 35.8 Å². The van der Waals surface area contributed by atoms with Crippen molar-refractivity contribution in [1.82, 2.24) is 9.97 Å². The lowest BCUT2D eigenvalue weighted by Crippen LogP contribution is -2.11. The van der Waals surface area contributed by atoms with Crippen molar-refractivity contribution >= 4 is 60.5 Å². The SMILES string of the molecule is Cc1ccc2nc3sc(C(=O)Nc4nccs4)c(N)c3cc2c1. The predicted molar refractivity (Wildman–Crippen MR) is 96.3 cm³/mol. The number of carbonyl (C=O) groups excluding carboxylic acids is 1. The fourth-order valence-electron chi connectivity index (χ4n) is 2.43. The van der Waals surface area contributed by atoms with Gasteiger partial charge in [-0.05, 0) is 25.1 Å². The van der Waals surface area contributed by atoms with Crippen LogP contribution in [0.4, 0.5) is 10.8 Å². The molecule has 4 aromatic rings. The van der Waals surface area contributed by atoms with Crippen LogP contribution in [0.1, 0.15) is 15.2 Å². The summed E-state index contributed by atoms with van der Waals surface area (Å²) in [5.74, 6) is -0.249. The molecule has 0 spiro atoms. The summed E-state index contributed by atoms with van der Waals surface area (Å²) in [5, 5.41) is 6.96. The zero-order chi connectivity index (χ0) is 16.0. The molecule has 0 aliphatic rings. The highest BCUT2D eigenvalue weighted by atomic mass is 32.1. The van der Waals surface area contributed by atoms with Crippen molar-refractivity contribution in [3.8, 4) is 0 Å². The molecule has 3 aromatic heterocycles. The zero-order valence-electron chi connectivity index (χ0n) is 12.2. The second-order valence-corrected chi connectivity index (χ2v) is 7.07. The molecule has 0 saturated heterocycles.